The molecule has 3 rings (SSSR count). The zero-order valence-electron chi connectivity index (χ0n) is 11.5. The van der Waals surface area contributed by atoms with Crippen LogP contribution in [-0.2, 0) is 6.42 Å². The molecule has 19 heavy (non-hydrogen) atoms. The molecule has 1 aromatic heterocycles. The number of benzene rings is 1. The van der Waals surface area contributed by atoms with E-state index in [1.165, 1.54) is 11.1 Å². The number of nitrogens with one attached hydrogen (secondary N) is 1. The van der Waals surface area contributed by atoms with Crippen LogP contribution >= 0.6 is 0 Å². The minimum absolute atomic E-state index is 0.200. The molecule has 0 amide bonds. The number of hydrogen-bond acceptors (Lipinski definition) is 2. The Hall–Kier alpha value is -1.74. The highest BCUT2D eigenvalue weighted by molar-refractivity contribution is 5.40. The zero-order valence-corrected chi connectivity index (χ0v) is 11.5. The van der Waals surface area contributed by atoms with E-state index >= 15 is 0 Å². The predicted molar refractivity (Wildman–Crippen MR) is 74.5 cm³/mol. The second kappa shape index (κ2) is 4.42. The summed E-state index contributed by atoms with van der Waals surface area (Å²) in [4.78, 5) is 3.29. The van der Waals surface area contributed by atoms with Crippen molar-refractivity contribution in [2.75, 3.05) is 0 Å². The van der Waals surface area contributed by atoms with Crippen LogP contribution in [0.5, 0.6) is 5.75 Å². The van der Waals surface area contributed by atoms with Gasteiger partial charge in [0.15, 0.2) is 0 Å². The van der Waals surface area contributed by atoms with Crippen LogP contribution in [0.4, 0.5) is 0 Å². The SMILES string of the molecule is Cc1[nH]c(C(O)C2Cc3ccccc3O2)c(C)c1C. The molecule has 2 aromatic rings. The van der Waals surface area contributed by atoms with E-state index in [0.717, 1.165) is 29.1 Å². The maximum Gasteiger partial charge on any atom is 0.134 e. The van der Waals surface area contributed by atoms with Crippen molar-refractivity contribution in [3.05, 3.63) is 52.3 Å². The van der Waals surface area contributed by atoms with E-state index in [9.17, 15) is 5.11 Å². The number of rotatable bonds is 2. The summed E-state index contributed by atoms with van der Waals surface area (Å²) in [6.45, 7) is 6.14. The van der Waals surface area contributed by atoms with Crippen LogP contribution < -0.4 is 4.74 Å². The van der Waals surface area contributed by atoms with Gasteiger partial charge in [-0.15, -0.1) is 0 Å². The third-order valence-electron chi connectivity index (χ3n) is 4.17. The van der Waals surface area contributed by atoms with Crippen LogP contribution in [0, 0.1) is 20.8 Å². The summed E-state index contributed by atoms with van der Waals surface area (Å²) in [5.74, 6) is 0.893. The fourth-order valence-electron chi connectivity index (χ4n) is 2.74. The van der Waals surface area contributed by atoms with Crippen molar-refractivity contribution in [2.24, 2.45) is 0 Å². The number of ether oxygens (including phenoxy) is 1. The first kappa shape index (κ1) is 12.3. The Balaban J connectivity index is 1.87. The molecule has 0 bridgehead atoms. The number of aromatic nitrogens is 1. The monoisotopic (exact) mass is 257 g/mol. The number of aromatic amines is 1. The van der Waals surface area contributed by atoms with Crippen LogP contribution in [0.15, 0.2) is 24.3 Å². The molecule has 0 radical (unpaired) electrons. The van der Waals surface area contributed by atoms with Crippen molar-refractivity contribution in [3.8, 4) is 5.75 Å². The first-order valence-corrected chi connectivity index (χ1v) is 6.66. The molecule has 100 valence electrons. The number of para-hydroxylation sites is 1. The minimum Gasteiger partial charge on any atom is -0.487 e. The van der Waals surface area contributed by atoms with Gasteiger partial charge in [-0.25, -0.2) is 0 Å². The number of aliphatic hydroxyl groups excluding tert-OH is 1. The molecular weight excluding hydrogens is 238 g/mol. The predicted octanol–water partition coefficient (Wildman–Crippen LogP) is 2.98. The van der Waals surface area contributed by atoms with Gasteiger partial charge in [0, 0.05) is 12.1 Å². The van der Waals surface area contributed by atoms with Crippen molar-refractivity contribution in [2.45, 2.75) is 39.4 Å². The number of aryl methyl sites for hydroxylation is 1. The van der Waals surface area contributed by atoms with E-state index in [1.807, 2.05) is 32.0 Å². The summed E-state index contributed by atoms with van der Waals surface area (Å²) in [5, 5.41) is 10.6. The zero-order chi connectivity index (χ0) is 13.6. The van der Waals surface area contributed by atoms with Gasteiger partial charge in [0.2, 0.25) is 0 Å². The Morgan fingerprint density at radius 2 is 1.95 bits per heavy atom. The van der Waals surface area contributed by atoms with E-state index in [0.29, 0.717) is 0 Å². The maximum atomic E-state index is 10.6. The molecule has 2 unspecified atom stereocenters. The molecule has 3 heteroatoms. The lowest BCUT2D eigenvalue weighted by molar-refractivity contribution is 0.0461. The summed E-state index contributed by atoms with van der Waals surface area (Å²) in [6, 6.07) is 7.98. The lowest BCUT2D eigenvalue weighted by Crippen LogP contribution is -2.24. The van der Waals surface area contributed by atoms with E-state index in [-0.39, 0.29) is 6.10 Å². The number of hydrogen-bond donors (Lipinski definition) is 2. The van der Waals surface area contributed by atoms with Crippen LogP contribution in [0.1, 0.15) is 34.2 Å². The van der Waals surface area contributed by atoms with Gasteiger partial charge in [-0.3, -0.25) is 0 Å². The van der Waals surface area contributed by atoms with Crippen LogP contribution in [-0.4, -0.2) is 16.2 Å². The molecule has 0 aliphatic carbocycles. The van der Waals surface area contributed by atoms with Gasteiger partial charge in [0.25, 0.3) is 0 Å². The average Bonchev–Trinajstić information content (AvgIpc) is 2.95. The summed E-state index contributed by atoms with van der Waals surface area (Å²) in [5.41, 5.74) is 5.51. The summed E-state index contributed by atoms with van der Waals surface area (Å²) < 4.78 is 5.86. The first-order valence-electron chi connectivity index (χ1n) is 6.66. The highest BCUT2D eigenvalue weighted by Gasteiger charge is 2.32. The highest BCUT2D eigenvalue weighted by Crippen LogP contribution is 2.35. The summed E-state index contributed by atoms with van der Waals surface area (Å²) >= 11 is 0. The van der Waals surface area contributed by atoms with Crippen molar-refractivity contribution in [1.82, 2.24) is 4.98 Å². The average molecular weight is 257 g/mol. The molecule has 0 fully saturated rings. The van der Waals surface area contributed by atoms with Gasteiger partial charge in [0.1, 0.15) is 18.0 Å². The number of fused-ring (bicyclic) bond motifs is 1. The van der Waals surface area contributed by atoms with Gasteiger partial charge in [0.05, 0.1) is 5.69 Å². The van der Waals surface area contributed by atoms with E-state index in [4.69, 9.17) is 4.74 Å². The highest BCUT2D eigenvalue weighted by atomic mass is 16.5. The Labute approximate surface area is 113 Å². The van der Waals surface area contributed by atoms with Gasteiger partial charge < -0.3 is 14.8 Å². The topological polar surface area (TPSA) is 45.2 Å². The normalized spacial score (nSPS) is 19.1. The second-order valence-corrected chi connectivity index (χ2v) is 5.33. The van der Waals surface area contributed by atoms with Crippen molar-refractivity contribution in [3.63, 3.8) is 0 Å². The van der Waals surface area contributed by atoms with Crippen molar-refractivity contribution < 1.29 is 9.84 Å². The van der Waals surface area contributed by atoms with Gasteiger partial charge >= 0.3 is 0 Å². The standard InChI is InChI=1S/C16H19NO2/c1-9-10(2)15(17-11(9)3)16(18)14-8-12-6-4-5-7-13(12)19-14/h4-7,14,16-18H,8H2,1-3H3. The molecule has 2 heterocycles. The quantitative estimate of drug-likeness (QED) is 0.868. The Morgan fingerprint density at radius 3 is 2.58 bits per heavy atom. The lowest BCUT2D eigenvalue weighted by Gasteiger charge is -2.18. The molecule has 1 aromatic carbocycles. The third-order valence-corrected chi connectivity index (χ3v) is 4.17. The second-order valence-electron chi connectivity index (χ2n) is 5.33. The van der Waals surface area contributed by atoms with Crippen LogP contribution in [0.2, 0.25) is 0 Å². The van der Waals surface area contributed by atoms with E-state index in [2.05, 4.69) is 18.0 Å². The molecule has 0 saturated carbocycles. The largest absolute Gasteiger partial charge is 0.487 e. The molecule has 2 atom stereocenters. The van der Waals surface area contributed by atoms with Crippen LogP contribution in [0.3, 0.4) is 0 Å². The molecule has 0 spiro atoms. The van der Waals surface area contributed by atoms with Gasteiger partial charge in [-0.1, -0.05) is 18.2 Å². The maximum absolute atomic E-state index is 10.6. The smallest absolute Gasteiger partial charge is 0.134 e. The van der Waals surface area contributed by atoms with Crippen molar-refractivity contribution >= 4 is 0 Å². The third kappa shape index (κ3) is 1.94. The van der Waals surface area contributed by atoms with Gasteiger partial charge in [-0.2, -0.15) is 0 Å². The van der Waals surface area contributed by atoms with Crippen LogP contribution in [0.25, 0.3) is 0 Å². The molecule has 3 nitrogen and oxygen atoms in total. The molecule has 1 aliphatic heterocycles. The molecule has 1 aliphatic rings. The Bertz CT molecular complexity index is 590. The number of H-pyrrole nitrogens is 1. The fraction of sp³-hybridized carbons (Fsp3) is 0.375. The van der Waals surface area contributed by atoms with Crippen molar-refractivity contribution in [1.29, 1.82) is 0 Å². The first-order chi connectivity index (χ1) is 9.08. The Morgan fingerprint density at radius 1 is 1.21 bits per heavy atom. The molecule has 2 N–H and O–H groups in total. The van der Waals surface area contributed by atoms with E-state index < -0.39 is 6.10 Å². The van der Waals surface area contributed by atoms with E-state index in [1.54, 1.807) is 0 Å². The minimum atomic E-state index is -0.611. The summed E-state index contributed by atoms with van der Waals surface area (Å²) in [6.07, 6.45) is -0.0539. The molecule has 0 saturated heterocycles. The lowest BCUT2D eigenvalue weighted by atomic mass is 10.0. The summed E-state index contributed by atoms with van der Waals surface area (Å²) in [7, 11) is 0. The molecular formula is C16H19NO2. The van der Waals surface area contributed by atoms with Gasteiger partial charge in [-0.05, 0) is 43.5 Å². The number of aliphatic hydroxyl groups is 1. The Kier molecular flexibility index (Phi) is 2.86. The fourth-order valence-corrected chi connectivity index (χ4v) is 2.74.